The van der Waals surface area contributed by atoms with E-state index in [1.165, 1.54) is 70.2 Å². The van der Waals surface area contributed by atoms with Crippen LogP contribution in [0, 0.1) is 6.92 Å². The Bertz CT molecular complexity index is 847. The fourth-order valence-electron chi connectivity index (χ4n) is 4.92. The molecular weight excluding hydrogens is 384 g/mol. The third-order valence-electron chi connectivity index (χ3n) is 6.58. The molecule has 0 heteroatoms. The first-order valence-corrected chi connectivity index (χ1v) is 12.6. The van der Waals surface area contributed by atoms with Gasteiger partial charge in [0.25, 0.3) is 0 Å². The highest BCUT2D eigenvalue weighted by atomic mass is 14.3. The van der Waals surface area contributed by atoms with Crippen LogP contribution < -0.4 is 0 Å². The second-order valence-electron chi connectivity index (χ2n) is 11.4. The van der Waals surface area contributed by atoms with Crippen molar-refractivity contribution in [3.63, 3.8) is 0 Å². The normalized spacial score (nSPS) is 12.9. The summed E-state index contributed by atoms with van der Waals surface area (Å²) >= 11 is 0. The summed E-state index contributed by atoms with van der Waals surface area (Å²) in [5, 5.41) is 0. The molecule has 1 rings (SSSR count). The van der Waals surface area contributed by atoms with Crippen molar-refractivity contribution >= 4 is 6.08 Å². The molecule has 32 heavy (non-hydrogen) atoms. The standard InChI is InChI=1S/C32H50/c1-13-17-31(9,10)29-21-27(22-30(26(29)8)32(11,12)18-14-2)16-15-25(7)20-28(24(5)6)19-23(3)4/h15-16,19-22H,13-14,17-18H2,1-12H3/b16-15+,25-20+. The smallest absolute Gasteiger partial charge is 0.0101 e. The molecule has 0 spiro atoms. The molecule has 0 radical (unpaired) electrons. The Morgan fingerprint density at radius 3 is 1.62 bits per heavy atom. The lowest BCUT2D eigenvalue weighted by molar-refractivity contribution is 0.453. The lowest BCUT2D eigenvalue weighted by atomic mass is 9.71. The Hall–Kier alpha value is -1.82. The monoisotopic (exact) mass is 434 g/mol. The average molecular weight is 435 g/mol. The number of benzene rings is 1. The molecule has 0 amide bonds. The molecule has 0 fully saturated rings. The molecule has 0 aliphatic carbocycles. The van der Waals surface area contributed by atoms with Crippen LogP contribution in [-0.4, -0.2) is 0 Å². The van der Waals surface area contributed by atoms with Gasteiger partial charge in [0.2, 0.25) is 0 Å². The number of hydrogen-bond acceptors (Lipinski definition) is 0. The van der Waals surface area contributed by atoms with Crippen LogP contribution in [0.2, 0.25) is 0 Å². The van der Waals surface area contributed by atoms with E-state index in [2.05, 4.69) is 120 Å². The largest absolute Gasteiger partial charge is 0.0758 e. The van der Waals surface area contributed by atoms with Gasteiger partial charge in [-0.15, -0.1) is 0 Å². The molecule has 178 valence electrons. The van der Waals surface area contributed by atoms with Crippen molar-refractivity contribution in [1.29, 1.82) is 0 Å². The number of rotatable bonds is 10. The Balaban J connectivity index is 3.58. The van der Waals surface area contributed by atoms with Crippen molar-refractivity contribution < 1.29 is 0 Å². The zero-order valence-electron chi connectivity index (χ0n) is 23.3. The zero-order valence-corrected chi connectivity index (χ0v) is 23.3. The molecule has 0 aliphatic heterocycles. The minimum absolute atomic E-state index is 0.184. The molecule has 0 unspecified atom stereocenters. The zero-order chi connectivity index (χ0) is 24.7. The Labute approximate surface area is 200 Å². The predicted octanol–water partition coefficient (Wildman–Crippen LogP) is 10.4. The van der Waals surface area contributed by atoms with Crippen LogP contribution >= 0.6 is 0 Å². The van der Waals surface area contributed by atoms with Gasteiger partial charge in [-0.1, -0.05) is 108 Å². The van der Waals surface area contributed by atoms with Crippen molar-refractivity contribution in [2.45, 2.75) is 120 Å². The van der Waals surface area contributed by atoms with Crippen molar-refractivity contribution in [2.24, 2.45) is 0 Å². The van der Waals surface area contributed by atoms with Crippen LogP contribution in [0.3, 0.4) is 0 Å². The van der Waals surface area contributed by atoms with E-state index in [-0.39, 0.29) is 10.8 Å². The predicted molar refractivity (Wildman–Crippen MR) is 148 cm³/mol. The summed E-state index contributed by atoms with van der Waals surface area (Å²) in [5.41, 5.74) is 11.5. The van der Waals surface area contributed by atoms with Gasteiger partial charge in [-0.25, -0.2) is 0 Å². The lowest BCUT2D eigenvalue weighted by Gasteiger charge is -2.33. The van der Waals surface area contributed by atoms with E-state index in [1.54, 1.807) is 0 Å². The molecule has 0 heterocycles. The third kappa shape index (κ3) is 7.95. The van der Waals surface area contributed by atoms with Gasteiger partial charge < -0.3 is 0 Å². The van der Waals surface area contributed by atoms with Crippen LogP contribution in [0.25, 0.3) is 6.08 Å². The van der Waals surface area contributed by atoms with Gasteiger partial charge in [0.1, 0.15) is 0 Å². The molecule has 0 aliphatic rings. The van der Waals surface area contributed by atoms with Crippen LogP contribution in [0.15, 0.2) is 52.7 Å². The molecule has 0 saturated carbocycles. The quantitative estimate of drug-likeness (QED) is 0.321. The van der Waals surface area contributed by atoms with Gasteiger partial charge in [-0.05, 0) is 93.0 Å². The molecule has 0 bridgehead atoms. The van der Waals surface area contributed by atoms with Crippen LogP contribution in [0.4, 0.5) is 0 Å². The minimum Gasteiger partial charge on any atom is -0.0758 e. The fraction of sp³-hybridized carbons (Fsp3) is 0.562. The SMILES string of the molecule is CCCC(C)(C)c1cc(/C=C/C(C)=C/C(C=C(C)C)=C(C)C)cc(C(C)(C)CCC)c1C. The van der Waals surface area contributed by atoms with Gasteiger partial charge in [-0.3, -0.25) is 0 Å². The van der Waals surface area contributed by atoms with E-state index >= 15 is 0 Å². The molecule has 0 atom stereocenters. The Morgan fingerprint density at radius 1 is 0.781 bits per heavy atom. The van der Waals surface area contributed by atoms with Gasteiger partial charge in [0.05, 0.1) is 0 Å². The molecule has 0 nitrogen and oxygen atoms in total. The van der Waals surface area contributed by atoms with E-state index in [0.29, 0.717) is 0 Å². The van der Waals surface area contributed by atoms with E-state index < -0.39 is 0 Å². The highest BCUT2D eigenvalue weighted by Gasteiger charge is 2.28. The first-order chi connectivity index (χ1) is 14.7. The maximum absolute atomic E-state index is 2.44. The van der Waals surface area contributed by atoms with E-state index in [0.717, 1.165) is 0 Å². The summed E-state index contributed by atoms with van der Waals surface area (Å²) in [7, 11) is 0. The molecule has 0 saturated heterocycles. The first kappa shape index (κ1) is 28.2. The fourth-order valence-corrected chi connectivity index (χ4v) is 4.92. The van der Waals surface area contributed by atoms with Crippen LogP contribution in [-0.2, 0) is 10.8 Å². The highest BCUT2D eigenvalue weighted by Crippen LogP contribution is 2.39. The van der Waals surface area contributed by atoms with Gasteiger partial charge in [0, 0.05) is 0 Å². The van der Waals surface area contributed by atoms with Crippen molar-refractivity contribution in [3.05, 3.63) is 74.9 Å². The van der Waals surface area contributed by atoms with Gasteiger partial charge in [0.15, 0.2) is 0 Å². The molecular formula is C32H50. The number of allylic oxidation sites excluding steroid dienone is 7. The molecule has 1 aromatic carbocycles. The van der Waals surface area contributed by atoms with E-state index in [9.17, 15) is 0 Å². The third-order valence-corrected chi connectivity index (χ3v) is 6.58. The Kier molecular flexibility index (Phi) is 10.5. The van der Waals surface area contributed by atoms with Crippen molar-refractivity contribution in [1.82, 2.24) is 0 Å². The van der Waals surface area contributed by atoms with Crippen LogP contribution in [0.1, 0.15) is 124 Å². The number of hydrogen-bond donors (Lipinski definition) is 0. The van der Waals surface area contributed by atoms with E-state index in [4.69, 9.17) is 0 Å². The maximum atomic E-state index is 2.44. The van der Waals surface area contributed by atoms with Gasteiger partial charge in [-0.2, -0.15) is 0 Å². The maximum Gasteiger partial charge on any atom is -0.0101 e. The lowest BCUT2D eigenvalue weighted by Crippen LogP contribution is -2.24. The van der Waals surface area contributed by atoms with Crippen molar-refractivity contribution in [2.75, 3.05) is 0 Å². The van der Waals surface area contributed by atoms with Crippen molar-refractivity contribution in [3.8, 4) is 0 Å². The first-order valence-electron chi connectivity index (χ1n) is 12.6. The summed E-state index contributed by atoms with van der Waals surface area (Å²) in [4.78, 5) is 0. The van der Waals surface area contributed by atoms with Crippen LogP contribution in [0.5, 0.6) is 0 Å². The highest BCUT2D eigenvalue weighted by molar-refractivity contribution is 5.59. The topological polar surface area (TPSA) is 0 Å². The average Bonchev–Trinajstić information content (AvgIpc) is 2.65. The summed E-state index contributed by atoms with van der Waals surface area (Å²) in [5.74, 6) is 0. The van der Waals surface area contributed by atoms with Gasteiger partial charge >= 0.3 is 0 Å². The summed E-state index contributed by atoms with van der Waals surface area (Å²) in [6.45, 7) is 27.5. The minimum atomic E-state index is 0.184. The molecule has 0 aromatic heterocycles. The second kappa shape index (κ2) is 11.9. The summed E-state index contributed by atoms with van der Waals surface area (Å²) in [6.07, 6.45) is 14.0. The molecule has 1 aromatic rings. The molecule has 0 N–H and O–H groups in total. The summed E-state index contributed by atoms with van der Waals surface area (Å²) < 4.78 is 0. The summed E-state index contributed by atoms with van der Waals surface area (Å²) in [6, 6.07) is 4.89. The second-order valence-corrected chi connectivity index (χ2v) is 11.4. The Morgan fingerprint density at radius 2 is 1.25 bits per heavy atom. The van der Waals surface area contributed by atoms with E-state index in [1.807, 2.05) is 0 Å².